The van der Waals surface area contributed by atoms with Crippen LogP contribution in [0, 0.1) is 0 Å². The maximum absolute atomic E-state index is 9.13. The molecule has 0 bridgehead atoms. The Morgan fingerprint density at radius 1 is 1.40 bits per heavy atom. The van der Waals surface area contributed by atoms with Gasteiger partial charge in [0.2, 0.25) is 0 Å². The Balaban J connectivity index is 3.37. The lowest BCUT2D eigenvalue weighted by Crippen LogP contribution is -2.31. The largest absolute Gasteiger partial charge is 0.408 e. The molecular weight excluding hydrogens is 144 g/mol. The summed E-state index contributed by atoms with van der Waals surface area (Å²) in [4.78, 5) is 18.3. The highest BCUT2D eigenvalue weighted by Crippen LogP contribution is 2.09. The van der Waals surface area contributed by atoms with Gasteiger partial charge in [-0.2, -0.15) is 0 Å². The van der Waals surface area contributed by atoms with Crippen molar-refractivity contribution in [3.8, 4) is 0 Å². The molecule has 0 heterocycles. The molecule has 0 aromatic carbocycles. The van der Waals surface area contributed by atoms with Crippen molar-refractivity contribution in [3.63, 3.8) is 0 Å². The van der Waals surface area contributed by atoms with Crippen LogP contribution in [0.5, 0.6) is 0 Å². The summed E-state index contributed by atoms with van der Waals surface area (Å²) in [6, 6.07) is 0.532. The minimum absolute atomic E-state index is 0.532. The number of hydrogen-bond acceptors (Lipinski definition) is 2. The van der Waals surface area contributed by atoms with E-state index in [-0.39, 0.29) is 0 Å². The lowest BCUT2D eigenvalue weighted by Gasteiger charge is -2.11. The zero-order valence-corrected chi connectivity index (χ0v) is 7.51. The average molecular weight is 160 g/mol. The second kappa shape index (κ2) is 4.66. The molecule has 0 fully saturated rings. The fourth-order valence-electron chi connectivity index (χ4n) is 0.737. The first-order chi connectivity index (χ1) is 4.62. The zero-order valence-electron chi connectivity index (χ0n) is 6.51. The normalized spacial score (nSPS) is 11.5. The van der Waals surface area contributed by atoms with Gasteiger partial charge in [0.15, 0.2) is 0 Å². The van der Waals surface area contributed by atoms with Crippen molar-refractivity contribution in [3.05, 3.63) is 12.3 Å². The van der Waals surface area contributed by atoms with Crippen LogP contribution >= 0.6 is 0 Å². The number of unbranched alkanes of at least 4 members (excludes halogenated alkanes) is 2. The molecular formula is C7H16O2Si. The number of rotatable bonds is 5. The van der Waals surface area contributed by atoms with E-state index in [1.807, 2.05) is 0 Å². The molecule has 0 radical (unpaired) electrons. The lowest BCUT2D eigenvalue weighted by molar-refractivity contribution is 0.374. The standard InChI is InChI=1S/C7H16O2Si/c1-3-5-6-7-10(8,9)4-2/h4,8-9H,2-3,5-7H2,1H3. The Bertz CT molecular complexity index is 102. The maximum atomic E-state index is 9.13. The van der Waals surface area contributed by atoms with Crippen LogP contribution in [0.4, 0.5) is 0 Å². The van der Waals surface area contributed by atoms with Crippen molar-refractivity contribution in [2.24, 2.45) is 0 Å². The van der Waals surface area contributed by atoms with Crippen LogP contribution in [-0.4, -0.2) is 18.2 Å². The minimum Gasteiger partial charge on any atom is -0.408 e. The van der Waals surface area contributed by atoms with Gasteiger partial charge < -0.3 is 9.59 Å². The van der Waals surface area contributed by atoms with Crippen LogP contribution in [0.15, 0.2) is 12.3 Å². The van der Waals surface area contributed by atoms with Crippen LogP contribution in [0.3, 0.4) is 0 Å². The van der Waals surface area contributed by atoms with Gasteiger partial charge >= 0.3 is 8.56 Å². The minimum atomic E-state index is -2.95. The quantitative estimate of drug-likeness (QED) is 0.470. The molecule has 0 saturated heterocycles. The monoisotopic (exact) mass is 160 g/mol. The predicted molar refractivity (Wildman–Crippen MR) is 44.7 cm³/mol. The molecule has 0 atom stereocenters. The van der Waals surface area contributed by atoms with Crippen molar-refractivity contribution in [2.45, 2.75) is 32.2 Å². The Morgan fingerprint density at radius 2 is 2.00 bits per heavy atom. The van der Waals surface area contributed by atoms with E-state index in [0.29, 0.717) is 6.04 Å². The summed E-state index contributed by atoms with van der Waals surface area (Å²) >= 11 is 0. The third kappa shape index (κ3) is 4.73. The summed E-state index contributed by atoms with van der Waals surface area (Å²) < 4.78 is 0. The molecule has 0 aliphatic heterocycles. The van der Waals surface area contributed by atoms with Crippen molar-refractivity contribution in [2.75, 3.05) is 0 Å². The summed E-state index contributed by atoms with van der Waals surface area (Å²) in [5.74, 6) is 0. The summed E-state index contributed by atoms with van der Waals surface area (Å²) in [7, 11) is -2.95. The highest BCUT2D eigenvalue weighted by molar-refractivity contribution is 6.69. The van der Waals surface area contributed by atoms with E-state index in [0.717, 1.165) is 19.3 Å². The van der Waals surface area contributed by atoms with E-state index in [9.17, 15) is 0 Å². The molecule has 2 N–H and O–H groups in total. The first-order valence-electron chi connectivity index (χ1n) is 3.70. The third-order valence-corrected chi connectivity index (χ3v) is 3.22. The van der Waals surface area contributed by atoms with Gasteiger partial charge in [-0.15, -0.1) is 6.58 Å². The molecule has 0 aromatic rings. The van der Waals surface area contributed by atoms with Gasteiger partial charge in [0, 0.05) is 0 Å². The van der Waals surface area contributed by atoms with Crippen molar-refractivity contribution >= 4 is 8.56 Å². The fraction of sp³-hybridized carbons (Fsp3) is 0.714. The van der Waals surface area contributed by atoms with Crippen molar-refractivity contribution in [1.82, 2.24) is 0 Å². The molecule has 2 nitrogen and oxygen atoms in total. The molecule has 0 aromatic heterocycles. The molecule has 3 heteroatoms. The summed E-state index contributed by atoms with van der Waals surface area (Å²) in [5, 5.41) is 0. The van der Waals surface area contributed by atoms with Gasteiger partial charge in [-0.1, -0.05) is 26.2 Å². The van der Waals surface area contributed by atoms with E-state index in [4.69, 9.17) is 9.59 Å². The Hall–Kier alpha value is -0.123. The van der Waals surface area contributed by atoms with E-state index in [2.05, 4.69) is 13.5 Å². The predicted octanol–water partition coefficient (Wildman–Crippen LogP) is 1.33. The second-order valence-corrected chi connectivity index (χ2v) is 5.21. The van der Waals surface area contributed by atoms with Crippen LogP contribution in [-0.2, 0) is 0 Å². The van der Waals surface area contributed by atoms with Crippen molar-refractivity contribution in [1.29, 1.82) is 0 Å². The fourth-order valence-corrected chi connectivity index (χ4v) is 1.71. The Kier molecular flexibility index (Phi) is 4.60. The number of hydrogen-bond donors (Lipinski definition) is 2. The molecule has 10 heavy (non-hydrogen) atoms. The SMILES string of the molecule is C=C[Si](O)(O)CCCCC. The average Bonchev–Trinajstić information content (AvgIpc) is 1.89. The highest BCUT2D eigenvalue weighted by atomic mass is 28.4. The molecule has 60 valence electrons. The first kappa shape index (κ1) is 9.88. The lowest BCUT2D eigenvalue weighted by atomic mass is 10.3. The first-order valence-corrected chi connectivity index (χ1v) is 5.88. The van der Waals surface area contributed by atoms with Crippen LogP contribution < -0.4 is 0 Å². The Morgan fingerprint density at radius 3 is 2.40 bits per heavy atom. The second-order valence-electron chi connectivity index (χ2n) is 2.54. The van der Waals surface area contributed by atoms with E-state index in [1.165, 1.54) is 5.70 Å². The molecule has 0 unspecified atom stereocenters. The molecule has 0 saturated carbocycles. The summed E-state index contributed by atoms with van der Waals surface area (Å²) in [5.41, 5.74) is 1.31. The summed E-state index contributed by atoms with van der Waals surface area (Å²) in [6.45, 7) is 5.46. The third-order valence-electron chi connectivity index (χ3n) is 1.48. The van der Waals surface area contributed by atoms with Crippen LogP contribution in [0.2, 0.25) is 6.04 Å². The van der Waals surface area contributed by atoms with Crippen LogP contribution in [0.25, 0.3) is 0 Å². The van der Waals surface area contributed by atoms with Gasteiger partial charge in [0.1, 0.15) is 0 Å². The van der Waals surface area contributed by atoms with E-state index < -0.39 is 8.56 Å². The topological polar surface area (TPSA) is 40.5 Å². The van der Waals surface area contributed by atoms with E-state index >= 15 is 0 Å². The molecule has 0 rings (SSSR count). The zero-order chi connectivity index (χ0) is 8.04. The Labute approximate surface area is 63.5 Å². The summed E-state index contributed by atoms with van der Waals surface area (Å²) in [6.07, 6.45) is 3.09. The molecule has 0 aliphatic rings. The molecule has 0 spiro atoms. The van der Waals surface area contributed by atoms with E-state index in [1.54, 1.807) is 0 Å². The highest BCUT2D eigenvalue weighted by Gasteiger charge is 2.22. The van der Waals surface area contributed by atoms with Gasteiger partial charge in [0.05, 0.1) is 0 Å². The van der Waals surface area contributed by atoms with Crippen LogP contribution in [0.1, 0.15) is 26.2 Å². The van der Waals surface area contributed by atoms with Gasteiger partial charge in [0.25, 0.3) is 0 Å². The molecule has 0 aliphatic carbocycles. The van der Waals surface area contributed by atoms with Gasteiger partial charge in [-0.3, -0.25) is 0 Å². The smallest absolute Gasteiger partial charge is 0.359 e. The van der Waals surface area contributed by atoms with Gasteiger partial charge in [-0.05, 0) is 11.7 Å². The van der Waals surface area contributed by atoms with Crippen molar-refractivity contribution < 1.29 is 9.59 Å². The maximum Gasteiger partial charge on any atom is 0.359 e. The molecule has 0 amide bonds. The van der Waals surface area contributed by atoms with Gasteiger partial charge in [-0.25, -0.2) is 0 Å².